The summed E-state index contributed by atoms with van der Waals surface area (Å²) in [5.74, 6) is -0.925. The average molecular weight is 472 g/mol. The molecule has 1 fully saturated rings. The van der Waals surface area contributed by atoms with Gasteiger partial charge < -0.3 is 20.1 Å². The van der Waals surface area contributed by atoms with Crippen molar-refractivity contribution in [2.24, 2.45) is 7.05 Å². The number of morpholine rings is 1. The molecule has 10 heteroatoms. The molecule has 2 heterocycles. The van der Waals surface area contributed by atoms with Crippen LogP contribution >= 0.6 is 0 Å². The maximum absolute atomic E-state index is 13.9. The molecule has 0 saturated carbocycles. The summed E-state index contributed by atoms with van der Waals surface area (Å²) >= 11 is 0. The summed E-state index contributed by atoms with van der Waals surface area (Å²) < 4.78 is 40.4. The second-order valence-corrected chi connectivity index (χ2v) is 8.10. The maximum atomic E-state index is 13.9. The highest BCUT2D eigenvalue weighted by Crippen LogP contribution is 2.33. The molecular weight excluding hydrogens is 444 g/mol. The number of hydrogen-bond donors (Lipinski definition) is 2. The Bertz CT molecular complexity index is 1150. The van der Waals surface area contributed by atoms with E-state index in [9.17, 15) is 13.6 Å². The predicted octanol–water partition coefficient (Wildman–Crippen LogP) is 4.11. The third-order valence-electron chi connectivity index (χ3n) is 5.46. The normalized spacial score (nSPS) is 15.1. The Balaban J connectivity index is 1.50. The number of amides is 2. The molecule has 1 unspecified atom stereocenters. The van der Waals surface area contributed by atoms with Gasteiger partial charge in [-0.1, -0.05) is 0 Å². The fourth-order valence-electron chi connectivity index (χ4n) is 3.83. The fraction of sp³-hybridized carbons (Fsp3) is 0.333. The van der Waals surface area contributed by atoms with Gasteiger partial charge in [-0.15, -0.1) is 0 Å². The van der Waals surface area contributed by atoms with E-state index in [4.69, 9.17) is 9.47 Å². The van der Waals surface area contributed by atoms with Crippen molar-refractivity contribution in [2.45, 2.75) is 13.0 Å². The number of carbonyl (C=O) groups excluding carboxylic acids is 1. The minimum atomic E-state index is -0.858. The number of anilines is 2. The zero-order valence-corrected chi connectivity index (χ0v) is 19.1. The van der Waals surface area contributed by atoms with Gasteiger partial charge in [0.25, 0.3) is 0 Å². The van der Waals surface area contributed by atoms with Crippen molar-refractivity contribution >= 4 is 17.4 Å². The molecule has 3 aromatic rings. The van der Waals surface area contributed by atoms with Crippen LogP contribution in [0.4, 0.5) is 25.0 Å². The van der Waals surface area contributed by atoms with E-state index in [1.54, 1.807) is 29.1 Å². The molecule has 0 aliphatic carbocycles. The lowest BCUT2D eigenvalue weighted by molar-refractivity contribution is 0.0219. The quantitative estimate of drug-likeness (QED) is 0.542. The smallest absolute Gasteiger partial charge is 0.323 e. The van der Waals surface area contributed by atoms with E-state index < -0.39 is 17.7 Å². The number of aromatic nitrogens is 2. The fourth-order valence-corrected chi connectivity index (χ4v) is 3.83. The van der Waals surface area contributed by atoms with Gasteiger partial charge in [-0.2, -0.15) is 5.10 Å². The molecule has 1 saturated heterocycles. The molecule has 0 radical (unpaired) electrons. The highest BCUT2D eigenvalue weighted by Gasteiger charge is 2.18. The first kappa shape index (κ1) is 23.7. The first-order valence-electron chi connectivity index (χ1n) is 11.0. The molecule has 1 atom stereocenters. The van der Waals surface area contributed by atoms with Crippen LogP contribution in [-0.4, -0.2) is 59.7 Å². The number of hydrogen-bond acceptors (Lipinski definition) is 5. The monoisotopic (exact) mass is 471 g/mol. The Kier molecular flexibility index (Phi) is 7.39. The Morgan fingerprint density at radius 1 is 1.15 bits per heavy atom. The van der Waals surface area contributed by atoms with Crippen molar-refractivity contribution < 1.29 is 23.0 Å². The lowest BCUT2D eigenvalue weighted by Crippen LogP contribution is -2.41. The van der Waals surface area contributed by atoms with Crippen molar-refractivity contribution in [2.75, 3.05) is 43.5 Å². The summed E-state index contributed by atoms with van der Waals surface area (Å²) in [6.45, 7) is 5.96. The summed E-state index contributed by atoms with van der Waals surface area (Å²) in [6, 6.07) is 9.41. The minimum Gasteiger partial charge on any atom is -0.489 e. The molecule has 2 amide bonds. The van der Waals surface area contributed by atoms with Crippen molar-refractivity contribution in [3.63, 3.8) is 0 Å². The zero-order valence-electron chi connectivity index (χ0n) is 19.1. The van der Waals surface area contributed by atoms with Crippen LogP contribution in [0.5, 0.6) is 5.75 Å². The number of urea groups is 1. The third kappa shape index (κ3) is 5.89. The van der Waals surface area contributed by atoms with Crippen LogP contribution in [-0.2, 0) is 11.8 Å². The number of halogens is 2. The summed E-state index contributed by atoms with van der Waals surface area (Å²) in [5, 5.41) is 9.31. The Morgan fingerprint density at radius 3 is 2.65 bits per heavy atom. The molecule has 34 heavy (non-hydrogen) atoms. The van der Waals surface area contributed by atoms with E-state index in [-0.39, 0.29) is 11.8 Å². The van der Waals surface area contributed by atoms with Gasteiger partial charge in [-0.25, -0.2) is 13.6 Å². The number of nitrogens with one attached hydrogen (secondary N) is 2. The van der Waals surface area contributed by atoms with Crippen molar-refractivity contribution in [1.29, 1.82) is 0 Å². The van der Waals surface area contributed by atoms with Gasteiger partial charge in [0.2, 0.25) is 0 Å². The van der Waals surface area contributed by atoms with E-state index in [0.29, 0.717) is 17.5 Å². The van der Waals surface area contributed by atoms with Crippen LogP contribution in [0.25, 0.3) is 11.3 Å². The molecule has 1 aromatic heterocycles. The van der Waals surface area contributed by atoms with Crippen molar-refractivity contribution in [3.8, 4) is 17.0 Å². The lowest BCUT2D eigenvalue weighted by Gasteiger charge is -2.29. The molecule has 0 spiro atoms. The first-order valence-corrected chi connectivity index (χ1v) is 11.0. The van der Waals surface area contributed by atoms with E-state index in [0.717, 1.165) is 56.2 Å². The number of nitrogens with zero attached hydrogens (tertiary/aromatic N) is 3. The van der Waals surface area contributed by atoms with Crippen LogP contribution < -0.4 is 15.4 Å². The highest BCUT2D eigenvalue weighted by atomic mass is 19.1. The number of aryl methyl sites for hydroxylation is 1. The largest absolute Gasteiger partial charge is 0.489 e. The van der Waals surface area contributed by atoms with Gasteiger partial charge in [0.1, 0.15) is 23.5 Å². The van der Waals surface area contributed by atoms with E-state index >= 15 is 0 Å². The van der Waals surface area contributed by atoms with Crippen LogP contribution in [0.3, 0.4) is 0 Å². The first-order chi connectivity index (χ1) is 16.4. The van der Waals surface area contributed by atoms with E-state index in [2.05, 4.69) is 20.6 Å². The second-order valence-electron chi connectivity index (χ2n) is 8.10. The van der Waals surface area contributed by atoms with Crippen LogP contribution in [0.15, 0.2) is 48.7 Å². The number of ether oxygens (including phenoxy) is 2. The number of rotatable bonds is 7. The summed E-state index contributed by atoms with van der Waals surface area (Å²) in [6.07, 6.45) is 1.61. The maximum Gasteiger partial charge on any atom is 0.323 e. The molecule has 4 rings (SSSR count). The molecule has 2 aromatic carbocycles. The van der Waals surface area contributed by atoms with E-state index in [1.807, 2.05) is 20.0 Å². The third-order valence-corrected chi connectivity index (χ3v) is 5.46. The summed E-state index contributed by atoms with van der Waals surface area (Å²) in [5.41, 5.74) is 1.91. The molecule has 1 aliphatic rings. The molecular formula is C24H27F2N5O3. The van der Waals surface area contributed by atoms with Crippen LogP contribution in [0, 0.1) is 11.6 Å². The summed E-state index contributed by atoms with van der Waals surface area (Å²) in [4.78, 5) is 14.7. The Morgan fingerprint density at radius 2 is 1.94 bits per heavy atom. The lowest BCUT2D eigenvalue weighted by atomic mass is 10.1. The van der Waals surface area contributed by atoms with E-state index in [1.165, 1.54) is 0 Å². The zero-order chi connectivity index (χ0) is 24.1. The van der Waals surface area contributed by atoms with Gasteiger partial charge in [0.15, 0.2) is 0 Å². The summed E-state index contributed by atoms with van der Waals surface area (Å²) in [7, 11) is 1.82. The van der Waals surface area contributed by atoms with Crippen LogP contribution in [0.1, 0.15) is 6.92 Å². The van der Waals surface area contributed by atoms with Gasteiger partial charge >= 0.3 is 6.03 Å². The van der Waals surface area contributed by atoms with Gasteiger partial charge in [0.05, 0.1) is 24.6 Å². The second kappa shape index (κ2) is 10.6. The predicted molar refractivity (Wildman–Crippen MR) is 125 cm³/mol. The number of benzene rings is 2. The van der Waals surface area contributed by atoms with Gasteiger partial charge in [0, 0.05) is 50.2 Å². The van der Waals surface area contributed by atoms with Crippen LogP contribution in [0.2, 0.25) is 0 Å². The molecule has 2 N–H and O–H groups in total. The molecule has 0 bridgehead atoms. The van der Waals surface area contributed by atoms with Gasteiger partial charge in [-0.3, -0.25) is 9.58 Å². The number of carbonyl (C=O) groups is 1. The average Bonchev–Trinajstić information content (AvgIpc) is 3.23. The minimum absolute atomic E-state index is 0.0753. The molecule has 8 nitrogen and oxygen atoms in total. The Hall–Kier alpha value is -3.50. The molecule has 180 valence electrons. The van der Waals surface area contributed by atoms with Crippen molar-refractivity contribution in [1.82, 2.24) is 14.7 Å². The highest BCUT2D eigenvalue weighted by molar-refractivity contribution is 6.00. The Labute approximate surface area is 196 Å². The van der Waals surface area contributed by atoms with Crippen molar-refractivity contribution in [3.05, 3.63) is 60.3 Å². The van der Waals surface area contributed by atoms with Gasteiger partial charge in [-0.05, 0) is 43.3 Å². The molecule has 1 aliphatic heterocycles. The standard InChI is InChI=1S/C24H27F2N5O3/c1-16(15-31-9-11-33-12-10-31)34-23-6-4-18(14-19(23)22-7-8-27-30(22)2)28-24(32)29-21-5-3-17(25)13-20(21)26/h3-8,13-14,16H,9-12,15H2,1-2H3,(H2,28,29,32). The SMILES string of the molecule is CC(CN1CCOCC1)Oc1ccc(NC(=O)Nc2ccc(F)cc2F)cc1-c1ccnn1C. The topological polar surface area (TPSA) is 80.7 Å².